The van der Waals surface area contributed by atoms with Gasteiger partial charge >= 0.3 is 0 Å². The summed E-state index contributed by atoms with van der Waals surface area (Å²) in [6.45, 7) is 3.78. The highest BCUT2D eigenvalue weighted by Gasteiger charge is 2.63. The molecule has 1 spiro atoms. The molecule has 2 aliphatic rings. The van der Waals surface area contributed by atoms with E-state index < -0.39 is 11.1 Å². The lowest BCUT2D eigenvalue weighted by Gasteiger charge is -2.44. The molecule has 1 amide bonds. The molecule has 1 fully saturated rings. The van der Waals surface area contributed by atoms with Crippen molar-refractivity contribution in [1.82, 2.24) is 0 Å². The van der Waals surface area contributed by atoms with E-state index >= 15 is 0 Å². The standard InChI is InChI=1S/C31H23NO3/c1-22-28(33)21-30(35-22)26-19-11-12-20-27(26)32(29(30)34)31(23-13-5-2-6-14-23,24-15-7-3-8-16-24)25-17-9-4-10-18-25/h2-20H,1,21H2. The Morgan fingerprint density at radius 1 is 0.686 bits per heavy atom. The largest absolute Gasteiger partial charge is 0.469 e. The zero-order chi connectivity index (χ0) is 24.0. The lowest BCUT2D eigenvalue weighted by atomic mass is 9.75. The van der Waals surface area contributed by atoms with Gasteiger partial charge in [0.15, 0.2) is 5.76 Å². The second-order valence-electron chi connectivity index (χ2n) is 8.92. The minimum Gasteiger partial charge on any atom is -0.469 e. The van der Waals surface area contributed by atoms with Crippen molar-refractivity contribution in [3.63, 3.8) is 0 Å². The van der Waals surface area contributed by atoms with Crippen molar-refractivity contribution in [1.29, 1.82) is 0 Å². The zero-order valence-corrected chi connectivity index (χ0v) is 19.1. The van der Waals surface area contributed by atoms with E-state index in [4.69, 9.17) is 4.74 Å². The van der Waals surface area contributed by atoms with E-state index in [2.05, 4.69) is 6.58 Å². The number of Topliss-reactive ketones (excluding diaryl/α,β-unsaturated/α-hetero) is 1. The summed E-state index contributed by atoms with van der Waals surface area (Å²) in [5.74, 6) is -0.498. The normalized spacial score (nSPS) is 19.2. The third-order valence-corrected chi connectivity index (χ3v) is 7.06. The van der Waals surface area contributed by atoms with Crippen LogP contribution in [0.2, 0.25) is 0 Å². The fourth-order valence-electron chi connectivity index (χ4n) is 5.57. The van der Waals surface area contributed by atoms with Gasteiger partial charge in [0.2, 0.25) is 11.4 Å². The minimum atomic E-state index is -1.42. The van der Waals surface area contributed by atoms with Gasteiger partial charge in [-0.3, -0.25) is 14.5 Å². The van der Waals surface area contributed by atoms with Crippen LogP contribution in [0.5, 0.6) is 0 Å². The molecule has 0 bridgehead atoms. The van der Waals surface area contributed by atoms with Crippen LogP contribution in [-0.2, 0) is 25.5 Å². The maximum Gasteiger partial charge on any atom is 0.277 e. The molecule has 4 aromatic rings. The van der Waals surface area contributed by atoms with Crippen LogP contribution < -0.4 is 4.90 Å². The highest BCUT2D eigenvalue weighted by molar-refractivity contribution is 6.14. The molecule has 170 valence electrons. The van der Waals surface area contributed by atoms with Gasteiger partial charge < -0.3 is 4.74 Å². The van der Waals surface area contributed by atoms with Crippen LogP contribution in [0.3, 0.4) is 0 Å². The van der Waals surface area contributed by atoms with Crippen LogP contribution in [0.4, 0.5) is 5.69 Å². The number of ketones is 1. The molecule has 4 nitrogen and oxygen atoms in total. The average Bonchev–Trinajstić information content (AvgIpc) is 3.34. The number of hydrogen-bond acceptors (Lipinski definition) is 3. The molecule has 1 atom stereocenters. The highest BCUT2D eigenvalue weighted by Crippen LogP contribution is 2.56. The van der Waals surface area contributed by atoms with Gasteiger partial charge in [-0.2, -0.15) is 0 Å². The monoisotopic (exact) mass is 457 g/mol. The van der Waals surface area contributed by atoms with E-state index in [1.54, 1.807) is 0 Å². The highest BCUT2D eigenvalue weighted by atomic mass is 16.5. The Bertz CT molecular complexity index is 1330. The predicted octanol–water partition coefficient (Wildman–Crippen LogP) is 5.72. The number of rotatable bonds is 4. The Hall–Kier alpha value is -4.44. The van der Waals surface area contributed by atoms with Crippen LogP contribution in [0.1, 0.15) is 28.7 Å². The summed E-state index contributed by atoms with van der Waals surface area (Å²) in [6.07, 6.45) is -0.0629. The van der Waals surface area contributed by atoms with E-state index in [9.17, 15) is 9.59 Å². The van der Waals surface area contributed by atoms with E-state index in [0.717, 1.165) is 22.4 Å². The molecule has 35 heavy (non-hydrogen) atoms. The fraction of sp³-hybridized carbons (Fsp3) is 0.0968. The van der Waals surface area contributed by atoms with Crippen LogP contribution in [0, 0.1) is 0 Å². The molecular formula is C31H23NO3. The van der Waals surface area contributed by atoms with E-state index in [1.807, 2.05) is 120 Å². The minimum absolute atomic E-state index is 0.0275. The van der Waals surface area contributed by atoms with Crippen LogP contribution >= 0.6 is 0 Å². The first-order chi connectivity index (χ1) is 17.1. The first-order valence-corrected chi connectivity index (χ1v) is 11.6. The first-order valence-electron chi connectivity index (χ1n) is 11.6. The van der Waals surface area contributed by atoms with Gasteiger partial charge in [0.05, 0.1) is 12.1 Å². The number of hydrogen-bond donors (Lipinski definition) is 0. The number of nitrogens with zero attached hydrogens (tertiary/aromatic N) is 1. The van der Waals surface area contributed by atoms with Gasteiger partial charge in [-0.25, -0.2) is 0 Å². The van der Waals surface area contributed by atoms with Crippen LogP contribution in [-0.4, -0.2) is 11.7 Å². The Morgan fingerprint density at radius 3 is 1.60 bits per heavy atom. The number of amides is 1. The summed E-state index contributed by atoms with van der Waals surface area (Å²) in [7, 11) is 0. The number of carbonyl (C=O) groups excluding carboxylic acids is 2. The van der Waals surface area contributed by atoms with Gasteiger partial charge in [-0.05, 0) is 22.8 Å². The van der Waals surface area contributed by atoms with Crippen LogP contribution in [0.15, 0.2) is 128 Å². The van der Waals surface area contributed by atoms with E-state index in [1.165, 1.54) is 0 Å². The van der Waals surface area contributed by atoms with Crippen molar-refractivity contribution in [2.45, 2.75) is 17.6 Å². The van der Waals surface area contributed by atoms with E-state index in [0.29, 0.717) is 5.56 Å². The van der Waals surface area contributed by atoms with Crippen molar-refractivity contribution in [2.24, 2.45) is 0 Å². The second kappa shape index (κ2) is 7.81. The third-order valence-electron chi connectivity index (χ3n) is 7.06. The smallest absolute Gasteiger partial charge is 0.277 e. The number of anilines is 1. The molecule has 1 unspecified atom stereocenters. The van der Waals surface area contributed by atoms with Gasteiger partial charge in [0.25, 0.3) is 5.91 Å². The maximum atomic E-state index is 14.7. The number of fused-ring (bicyclic) bond motifs is 2. The number of ether oxygens (including phenoxy) is 1. The molecule has 1 saturated heterocycles. The van der Waals surface area contributed by atoms with Crippen LogP contribution in [0.25, 0.3) is 0 Å². The molecule has 4 aromatic carbocycles. The van der Waals surface area contributed by atoms with Gasteiger partial charge in [-0.15, -0.1) is 0 Å². The first kappa shape index (κ1) is 21.1. The lowest BCUT2D eigenvalue weighted by molar-refractivity contribution is -0.136. The predicted molar refractivity (Wildman–Crippen MR) is 135 cm³/mol. The molecule has 6 rings (SSSR count). The third kappa shape index (κ3) is 2.86. The molecule has 0 saturated carbocycles. The summed E-state index contributed by atoms with van der Waals surface area (Å²) < 4.78 is 6.06. The Kier molecular flexibility index (Phi) is 4.71. The Balaban J connectivity index is 1.73. The lowest BCUT2D eigenvalue weighted by Crippen LogP contribution is -2.53. The van der Waals surface area contributed by atoms with E-state index in [-0.39, 0.29) is 23.9 Å². The molecule has 2 aliphatic heterocycles. The zero-order valence-electron chi connectivity index (χ0n) is 19.1. The van der Waals surface area contributed by atoms with Gasteiger partial charge in [-0.1, -0.05) is 116 Å². The number of allylic oxidation sites excluding steroid dienone is 1. The van der Waals surface area contributed by atoms with Crippen molar-refractivity contribution in [3.05, 3.63) is 150 Å². The summed E-state index contributed by atoms with van der Waals surface area (Å²) in [6, 6.07) is 37.6. The topological polar surface area (TPSA) is 46.6 Å². The molecule has 0 aromatic heterocycles. The van der Waals surface area contributed by atoms with Crippen molar-refractivity contribution < 1.29 is 14.3 Å². The second-order valence-corrected chi connectivity index (χ2v) is 8.92. The molecule has 0 aliphatic carbocycles. The summed E-state index contributed by atoms with van der Waals surface area (Å²) in [5.41, 5.74) is 1.77. The van der Waals surface area contributed by atoms with Gasteiger partial charge in [0.1, 0.15) is 5.54 Å². The molecule has 4 heteroatoms. The molecule has 0 radical (unpaired) electrons. The summed E-state index contributed by atoms with van der Waals surface area (Å²) >= 11 is 0. The summed E-state index contributed by atoms with van der Waals surface area (Å²) in [5, 5.41) is 0. The molecule has 2 heterocycles. The summed E-state index contributed by atoms with van der Waals surface area (Å²) in [4.78, 5) is 29.1. The van der Waals surface area contributed by atoms with Gasteiger partial charge in [0, 0.05) is 5.56 Å². The SMILES string of the molecule is C=C1OC2(CC1=O)C(=O)N(C(c1ccccc1)(c1ccccc1)c1ccccc1)c1ccccc12. The maximum absolute atomic E-state index is 14.7. The number of benzene rings is 4. The fourth-order valence-corrected chi connectivity index (χ4v) is 5.57. The number of carbonyl (C=O) groups is 2. The quantitative estimate of drug-likeness (QED) is 0.291. The Morgan fingerprint density at radius 2 is 1.14 bits per heavy atom. The Labute approximate surface area is 204 Å². The van der Waals surface area contributed by atoms with Crippen molar-refractivity contribution >= 4 is 17.4 Å². The van der Waals surface area contributed by atoms with Crippen molar-refractivity contribution in [3.8, 4) is 0 Å². The van der Waals surface area contributed by atoms with Crippen molar-refractivity contribution in [2.75, 3.05) is 4.90 Å². The molecule has 0 N–H and O–H groups in total. The molecular weight excluding hydrogens is 434 g/mol. The number of para-hydroxylation sites is 1. The average molecular weight is 458 g/mol.